The van der Waals surface area contributed by atoms with Gasteiger partial charge in [0.1, 0.15) is 11.6 Å². The third-order valence-electron chi connectivity index (χ3n) is 1.80. The van der Waals surface area contributed by atoms with Crippen LogP contribution in [0.3, 0.4) is 0 Å². The SMILES string of the molecule is Fc1cc(Oc2nccnc2Cl)c(Br)cc1Cl. The molecule has 0 atom stereocenters. The lowest BCUT2D eigenvalue weighted by atomic mass is 10.3. The summed E-state index contributed by atoms with van der Waals surface area (Å²) in [5, 5.41) is 0.0872. The molecule has 7 heteroatoms. The van der Waals surface area contributed by atoms with Crippen LogP contribution in [-0.4, -0.2) is 9.97 Å². The number of hydrogen-bond acceptors (Lipinski definition) is 3. The van der Waals surface area contributed by atoms with Crippen molar-refractivity contribution in [1.82, 2.24) is 9.97 Å². The first-order valence-corrected chi connectivity index (χ1v) is 5.91. The van der Waals surface area contributed by atoms with E-state index in [2.05, 4.69) is 25.9 Å². The number of ether oxygens (including phenoxy) is 1. The molecule has 3 nitrogen and oxygen atoms in total. The van der Waals surface area contributed by atoms with Crippen LogP contribution in [0.1, 0.15) is 0 Å². The number of aromatic nitrogens is 2. The average Bonchev–Trinajstić information content (AvgIpc) is 2.29. The quantitative estimate of drug-likeness (QED) is 0.758. The summed E-state index contributed by atoms with van der Waals surface area (Å²) in [7, 11) is 0. The molecule has 0 radical (unpaired) electrons. The molecule has 88 valence electrons. The first-order chi connectivity index (χ1) is 8.08. The van der Waals surface area contributed by atoms with Crippen LogP contribution >= 0.6 is 39.1 Å². The van der Waals surface area contributed by atoms with Gasteiger partial charge in [0, 0.05) is 18.5 Å². The van der Waals surface area contributed by atoms with E-state index in [1.807, 2.05) is 0 Å². The number of benzene rings is 1. The van der Waals surface area contributed by atoms with Gasteiger partial charge in [0.25, 0.3) is 5.88 Å². The Morgan fingerprint density at radius 3 is 2.59 bits per heavy atom. The van der Waals surface area contributed by atoms with E-state index < -0.39 is 5.82 Å². The van der Waals surface area contributed by atoms with Gasteiger partial charge in [-0.15, -0.1) is 0 Å². The Morgan fingerprint density at radius 1 is 1.18 bits per heavy atom. The van der Waals surface area contributed by atoms with E-state index in [0.717, 1.165) is 6.07 Å². The standard InChI is InChI=1S/C10H4BrCl2FN2O/c11-5-3-6(12)7(14)4-8(5)17-10-9(13)15-1-2-16-10/h1-4H. The fourth-order valence-electron chi connectivity index (χ4n) is 1.06. The maximum absolute atomic E-state index is 13.3. The molecule has 0 spiro atoms. The highest BCUT2D eigenvalue weighted by Gasteiger charge is 2.11. The first kappa shape index (κ1) is 12.5. The van der Waals surface area contributed by atoms with E-state index in [1.54, 1.807) is 0 Å². The third kappa shape index (κ3) is 2.86. The number of nitrogens with zero attached hydrogens (tertiary/aromatic N) is 2. The second-order valence-corrected chi connectivity index (χ2v) is 4.57. The second-order valence-electron chi connectivity index (χ2n) is 2.95. The van der Waals surface area contributed by atoms with Crippen LogP contribution in [-0.2, 0) is 0 Å². The Kier molecular flexibility index (Phi) is 3.81. The molecule has 0 bridgehead atoms. The highest BCUT2D eigenvalue weighted by atomic mass is 79.9. The molecule has 0 N–H and O–H groups in total. The van der Waals surface area contributed by atoms with E-state index in [-0.39, 0.29) is 21.8 Å². The summed E-state index contributed by atoms with van der Waals surface area (Å²) in [6, 6.07) is 2.52. The topological polar surface area (TPSA) is 35.0 Å². The van der Waals surface area contributed by atoms with Gasteiger partial charge in [0.15, 0.2) is 5.15 Å². The normalized spacial score (nSPS) is 10.4. The van der Waals surface area contributed by atoms with Crippen molar-refractivity contribution in [3.8, 4) is 11.6 Å². The summed E-state index contributed by atoms with van der Waals surface area (Å²) in [5.41, 5.74) is 0. The van der Waals surface area contributed by atoms with Crippen molar-refractivity contribution in [2.24, 2.45) is 0 Å². The van der Waals surface area contributed by atoms with E-state index in [4.69, 9.17) is 27.9 Å². The minimum atomic E-state index is -0.593. The fourth-order valence-corrected chi connectivity index (χ4v) is 1.93. The number of halogens is 4. The average molecular weight is 338 g/mol. The molecule has 0 aliphatic carbocycles. The lowest BCUT2D eigenvalue weighted by molar-refractivity contribution is 0.453. The minimum Gasteiger partial charge on any atom is -0.435 e. The highest BCUT2D eigenvalue weighted by Crippen LogP contribution is 2.34. The van der Waals surface area contributed by atoms with Crippen LogP contribution in [0.4, 0.5) is 4.39 Å². The molecule has 0 unspecified atom stereocenters. The molecule has 0 saturated carbocycles. The van der Waals surface area contributed by atoms with Gasteiger partial charge in [-0.25, -0.2) is 14.4 Å². The van der Waals surface area contributed by atoms with Gasteiger partial charge in [-0.3, -0.25) is 0 Å². The van der Waals surface area contributed by atoms with Crippen molar-refractivity contribution >= 4 is 39.1 Å². The van der Waals surface area contributed by atoms with Crippen molar-refractivity contribution < 1.29 is 9.13 Å². The first-order valence-electron chi connectivity index (χ1n) is 4.37. The predicted octanol–water partition coefficient (Wildman–Crippen LogP) is 4.48. The van der Waals surface area contributed by atoms with Crippen molar-refractivity contribution in [1.29, 1.82) is 0 Å². The number of rotatable bonds is 2. The third-order valence-corrected chi connectivity index (χ3v) is 2.97. The Morgan fingerprint density at radius 2 is 1.88 bits per heavy atom. The van der Waals surface area contributed by atoms with Crippen molar-refractivity contribution in [2.75, 3.05) is 0 Å². The Balaban J connectivity index is 2.37. The van der Waals surface area contributed by atoms with Crippen molar-refractivity contribution in [2.45, 2.75) is 0 Å². The molecule has 2 aromatic rings. The van der Waals surface area contributed by atoms with Crippen LogP contribution < -0.4 is 4.74 Å². The van der Waals surface area contributed by atoms with E-state index in [0.29, 0.717) is 4.47 Å². The van der Waals surface area contributed by atoms with Crippen LogP contribution in [0.15, 0.2) is 29.0 Å². The van der Waals surface area contributed by atoms with E-state index >= 15 is 0 Å². The predicted molar refractivity (Wildman–Crippen MR) is 66.2 cm³/mol. The van der Waals surface area contributed by atoms with Crippen molar-refractivity contribution in [3.63, 3.8) is 0 Å². The van der Waals surface area contributed by atoms with Crippen molar-refractivity contribution in [3.05, 3.63) is 45.0 Å². The van der Waals surface area contributed by atoms with Gasteiger partial charge >= 0.3 is 0 Å². The molecule has 0 aliphatic heterocycles. The second kappa shape index (κ2) is 5.16. The maximum Gasteiger partial charge on any atom is 0.257 e. The van der Waals surface area contributed by atoms with Crippen LogP contribution in [0, 0.1) is 5.82 Å². The smallest absolute Gasteiger partial charge is 0.257 e. The van der Waals surface area contributed by atoms with Gasteiger partial charge in [0.05, 0.1) is 9.50 Å². The lowest BCUT2D eigenvalue weighted by Gasteiger charge is -2.08. The van der Waals surface area contributed by atoms with E-state index in [1.165, 1.54) is 18.5 Å². The molecule has 1 heterocycles. The largest absolute Gasteiger partial charge is 0.435 e. The zero-order valence-electron chi connectivity index (χ0n) is 8.12. The summed E-state index contributed by atoms with van der Waals surface area (Å²) < 4.78 is 19.1. The molecule has 2 rings (SSSR count). The Hall–Kier alpha value is -0.910. The van der Waals surface area contributed by atoms with Gasteiger partial charge < -0.3 is 4.74 Å². The molecule has 0 saturated heterocycles. The molecule has 1 aromatic carbocycles. The zero-order valence-corrected chi connectivity index (χ0v) is 11.2. The van der Waals surface area contributed by atoms with Gasteiger partial charge in [-0.1, -0.05) is 23.2 Å². The monoisotopic (exact) mass is 336 g/mol. The van der Waals surface area contributed by atoms with Crippen LogP contribution in [0.25, 0.3) is 0 Å². The van der Waals surface area contributed by atoms with E-state index in [9.17, 15) is 4.39 Å². The fraction of sp³-hybridized carbons (Fsp3) is 0. The summed E-state index contributed by atoms with van der Waals surface area (Å²) >= 11 is 14.6. The molecule has 1 aromatic heterocycles. The lowest BCUT2D eigenvalue weighted by Crippen LogP contribution is -1.92. The molecule has 0 fully saturated rings. The number of hydrogen-bond donors (Lipinski definition) is 0. The Bertz CT molecular complexity index is 568. The van der Waals surface area contributed by atoms with Gasteiger partial charge in [0.2, 0.25) is 0 Å². The summed E-state index contributed by atoms with van der Waals surface area (Å²) in [6.45, 7) is 0. The summed E-state index contributed by atoms with van der Waals surface area (Å²) in [5.74, 6) is -0.282. The minimum absolute atomic E-state index is 0.00512. The van der Waals surface area contributed by atoms with Gasteiger partial charge in [-0.2, -0.15) is 0 Å². The van der Waals surface area contributed by atoms with Crippen LogP contribution in [0.2, 0.25) is 10.2 Å². The van der Waals surface area contributed by atoms with Crippen LogP contribution in [0.5, 0.6) is 11.6 Å². The molecular weight excluding hydrogens is 334 g/mol. The molecule has 0 aliphatic rings. The molecule has 0 amide bonds. The summed E-state index contributed by atoms with van der Waals surface area (Å²) in [4.78, 5) is 7.66. The van der Waals surface area contributed by atoms with Gasteiger partial charge in [-0.05, 0) is 22.0 Å². The maximum atomic E-state index is 13.3. The molecule has 17 heavy (non-hydrogen) atoms. The Labute approximate surface area is 115 Å². The molecular formula is C10H4BrCl2FN2O. The zero-order chi connectivity index (χ0) is 12.4. The highest BCUT2D eigenvalue weighted by molar-refractivity contribution is 9.10. The summed E-state index contributed by atoms with van der Waals surface area (Å²) in [6.07, 6.45) is 2.84.